The van der Waals surface area contributed by atoms with Gasteiger partial charge in [-0.05, 0) is 27.0 Å². The van der Waals surface area contributed by atoms with Gasteiger partial charge in [-0.25, -0.2) is 4.79 Å². The average Bonchev–Trinajstić information content (AvgIpc) is 2.33. The Morgan fingerprint density at radius 1 is 1.29 bits per heavy atom. The van der Waals surface area contributed by atoms with Gasteiger partial charge in [-0.3, -0.25) is 0 Å². The highest BCUT2D eigenvalue weighted by Crippen LogP contribution is 2.25. The van der Waals surface area contributed by atoms with Gasteiger partial charge in [-0.1, -0.05) is 18.2 Å². The Bertz CT molecular complexity index is 365. The third-order valence-electron chi connectivity index (χ3n) is 2.34. The summed E-state index contributed by atoms with van der Waals surface area (Å²) in [5.41, 5.74) is 0.801. The van der Waals surface area contributed by atoms with Crippen LogP contribution in [0.15, 0.2) is 24.3 Å². The van der Waals surface area contributed by atoms with Crippen molar-refractivity contribution in [2.24, 2.45) is 0 Å². The molecule has 0 amide bonds. The van der Waals surface area contributed by atoms with E-state index in [0.29, 0.717) is 19.0 Å². The number of likely N-dealkylation sites (N-methyl/N-ethyl adjacent to an activating group) is 1. The number of hydrogen-bond acceptors (Lipinski definition) is 4. The van der Waals surface area contributed by atoms with Gasteiger partial charge in [-0.15, -0.1) is 0 Å². The van der Waals surface area contributed by atoms with Crippen molar-refractivity contribution in [2.75, 3.05) is 20.3 Å². The normalized spacial score (nSPS) is 11.9. The van der Waals surface area contributed by atoms with Gasteiger partial charge < -0.3 is 14.8 Å². The van der Waals surface area contributed by atoms with E-state index < -0.39 is 6.04 Å². The zero-order chi connectivity index (χ0) is 12.7. The molecule has 0 spiro atoms. The zero-order valence-corrected chi connectivity index (χ0v) is 10.5. The van der Waals surface area contributed by atoms with Gasteiger partial charge in [0, 0.05) is 5.56 Å². The Labute approximate surface area is 102 Å². The van der Waals surface area contributed by atoms with Crippen LogP contribution in [-0.2, 0) is 9.53 Å². The van der Waals surface area contributed by atoms with Crippen molar-refractivity contribution in [1.29, 1.82) is 0 Å². The highest BCUT2D eigenvalue weighted by Gasteiger charge is 2.23. The van der Waals surface area contributed by atoms with Crippen molar-refractivity contribution < 1.29 is 14.3 Å². The summed E-state index contributed by atoms with van der Waals surface area (Å²) in [7, 11) is 1.73. The summed E-state index contributed by atoms with van der Waals surface area (Å²) in [6.07, 6.45) is 0. The lowest BCUT2D eigenvalue weighted by Gasteiger charge is -2.18. The second-order valence-corrected chi connectivity index (χ2v) is 3.44. The lowest BCUT2D eigenvalue weighted by Crippen LogP contribution is -2.27. The number of benzene rings is 1. The van der Waals surface area contributed by atoms with E-state index in [9.17, 15) is 4.79 Å². The van der Waals surface area contributed by atoms with E-state index in [0.717, 1.165) is 5.56 Å². The smallest absolute Gasteiger partial charge is 0.327 e. The summed E-state index contributed by atoms with van der Waals surface area (Å²) in [4.78, 5) is 11.8. The van der Waals surface area contributed by atoms with E-state index in [1.165, 1.54) is 0 Å². The predicted molar refractivity (Wildman–Crippen MR) is 66.0 cm³/mol. The lowest BCUT2D eigenvalue weighted by atomic mass is 10.1. The number of hydrogen-bond donors (Lipinski definition) is 1. The molecule has 0 bridgehead atoms. The van der Waals surface area contributed by atoms with Crippen molar-refractivity contribution in [1.82, 2.24) is 5.32 Å². The van der Waals surface area contributed by atoms with Crippen molar-refractivity contribution in [2.45, 2.75) is 19.9 Å². The summed E-state index contributed by atoms with van der Waals surface area (Å²) < 4.78 is 10.5. The molecule has 0 aliphatic rings. The molecule has 0 aliphatic heterocycles. The first-order valence-electron chi connectivity index (χ1n) is 5.80. The van der Waals surface area contributed by atoms with Crippen molar-refractivity contribution >= 4 is 5.97 Å². The maximum absolute atomic E-state index is 11.8. The third-order valence-corrected chi connectivity index (χ3v) is 2.34. The zero-order valence-electron chi connectivity index (χ0n) is 10.5. The standard InChI is InChI=1S/C13H19NO3/c1-4-16-11-9-7-6-8-10(11)12(14-3)13(15)17-5-2/h6-9,12,14H,4-5H2,1-3H3. The summed E-state index contributed by atoms with van der Waals surface area (Å²) in [5.74, 6) is 0.421. The third kappa shape index (κ3) is 3.46. The molecule has 4 heteroatoms. The summed E-state index contributed by atoms with van der Waals surface area (Å²) in [6, 6.07) is 6.98. The molecule has 1 atom stereocenters. The first-order valence-corrected chi connectivity index (χ1v) is 5.80. The maximum Gasteiger partial charge on any atom is 0.327 e. The number of carbonyl (C=O) groups excluding carboxylic acids is 1. The van der Waals surface area contributed by atoms with Gasteiger partial charge in [0.15, 0.2) is 0 Å². The Hall–Kier alpha value is -1.55. The molecule has 0 fully saturated rings. The molecule has 0 saturated heterocycles. The topological polar surface area (TPSA) is 47.6 Å². The largest absolute Gasteiger partial charge is 0.494 e. The molecule has 1 aromatic carbocycles. The van der Waals surface area contributed by atoms with Gasteiger partial charge >= 0.3 is 5.97 Å². The van der Waals surface area contributed by atoms with E-state index >= 15 is 0 Å². The SMILES string of the molecule is CCOC(=O)C(NC)c1ccccc1OCC. The monoisotopic (exact) mass is 237 g/mol. The first kappa shape index (κ1) is 13.5. The van der Waals surface area contributed by atoms with E-state index in [1.807, 2.05) is 31.2 Å². The van der Waals surface area contributed by atoms with Crippen LogP contribution >= 0.6 is 0 Å². The lowest BCUT2D eigenvalue weighted by molar-refractivity contribution is -0.145. The fraction of sp³-hybridized carbons (Fsp3) is 0.462. The van der Waals surface area contributed by atoms with Crippen LogP contribution in [0.25, 0.3) is 0 Å². The fourth-order valence-electron chi connectivity index (χ4n) is 1.63. The summed E-state index contributed by atoms with van der Waals surface area (Å²) in [5, 5.41) is 2.95. The Morgan fingerprint density at radius 2 is 2.00 bits per heavy atom. The molecule has 17 heavy (non-hydrogen) atoms. The van der Waals surface area contributed by atoms with Gasteiger partial charge in [0.1, 0.15) is 11.8 Å². The van der Waals surface area contributed by atoms with Gasteiger partial charge in [0.05, 0.1) is 13.2 Å². The molecule has 0 saturated carbocycles. The van der Waals surface area contributed by atoms with Crippen molar-refractivity contribution in [3.63, 3.8) is 0 Å². The van der Waals surface area contributed by atoms with E-state index in [1.54, 1.807) is 14.0 Å². The molecule has 0 aliphatic carbocycles. The molecule has 94 valence electrons. The van der Waals surface area contributed by atoms with Crippen molar-refractivity contribution in [3.05, 3.63) is 29.8 Å². The van der Waals surface area contributed by atoms with Crippen LogP contribution in [0.1, 0.15) is 25.5 Å². The van der Waals surface area contributed by atoms with E-state index in [4.69, 9.17) is 9.47 Å². The van der Waals surface area contributed by atoms with Crippen LogP contribution in [-0.4, -0.2) is 26.2 Å². The number of carbonyl (C=O) groups is 1. The molecular weight excluding hydrogens is 218 g/mol. The predicted octanol–water partition coefficient (Wildman–Crippen LogP) is 1.91. The summed E-state index contributed by atoms with van der Waals surface area (Å²) in [6.45, 7) is 4.64. The number of para-hydroxylation sites is 1. The van der Waals surface area contributed by atoms with Gasteiger partial charge in [0.2, 0.25) is 0 Å². The molecule has 4 nitrogen and oxygen atoms in total. The van der Waals surface area contributed by atoms with Crippen LogP contribution < -0.4 is 10.1 Å². The second kappa shape index (κ2) is 6.91. The molecule has 0 aromatic heterocycles. The van der Waals surface area contributed by atoms with Crippen LogP contribution in [0.4, 0.5) is 0 Å². The molecule has 0 heterocycles. The molecule has 1 N–H and O–H groups in total. The van der Waals surface area contributed by atoms with E-state index in [2.05, 4.69) is 5.32 Å². The van der Waals surface area contributed by atoms with Gasteiger partial charge in [0.25, 0.3) is 0 Å². The Balaban J connectivity index is 2.98. The molecule has 0 radical (unpaired) electrons. The quantitative estimate of drug-likeness (QED) is 0.768. The molecule has 1 aromatic rings. The van der Waals surface area contributed by atoms with Crippen LogP contribution in [0.5, 0.6) is 5.75 Å². The average molecular weight is 237 g/mol. The Kier molecular flexibility index (Phi) is 5.49. The number of esters is 1. The van der Waals surface area contributed by atoms with E-state index in [-0.39, 0.29) is 5.97 Å². The maximum atomic E-state index is 11.8. The minimum atomic E-state index is -0.488. The Morgan fingerprint density at radius 3 is 2.59 bits per heavy atom. The molecule has 1 unspecified atom stereocenters. The minimum Gasteiger partial charge on any atom is -0.494 e. The molecule has 1 rings (SSSR count). The summed E-state index contributed by atoms with van der Waals surface area (Å²) >= 11 is 0. The van der Waals surface area contributed by atoms with Gasteiger partial charge in [-0.2, -0.15) is 0 Å². The first-order chi connectivity index (χ1) is 8.24. The molecular formula is C13H19NO3. The second-order valence-electron chi connectivity index (χ2n) is 3.44. The van der Waals surface area contributed by atoms with Crippen LogP contribution in [0.3, 0.4) is 0 Å². The fourth-order valence-corrected chi connectivity index (χ4v) is 1.63. The van der Waals surface area contributed by atoms with Crippen LogP contribution in [0, 0.1) is 0 Å². The number of ether oxygens (including phenoxy) is 2. The highest BCUT2D eigenvalue weighted by molar-refractivity contribution is 5.78. The minimum absolute atomic E-state index is 0.290. The number of nitrogens with one attached hydrogen (secondary N) is 1. The highest BCUT2D eigenvalue weighted by atomic mass is 16.5. The van der Waals surface area contributed by atoms with Crippen LogP contribution in [0.2, 0.25) is 0 Å². The van der Waals surface area contributed by atoms with Crippen molar-refractivity contribution in [3.8, 4) is 5.75 Å². The number of rotatable bonds is 6.